The van der Waals surface area contributed by atoms with Crippen LogP contribution in [0.4, 0.5) is 0 Å². The van der Waals surface area contributed by atoms with Crippen LogP contribution in [0.5, 0.6) is 0 Å². The molecule has 4 heavy (non-hydrogen) atoms. The van der Waals surface area contributed by atoms with Crippen LogP contribution in [0.2, 0.25) is 0 Å². The Morgan fingerprint density at radius 1 is 1.25 bits per heavy atom. The molecular weight excluding hydrogens is 286 g/mol. The van der Waals surface area contributed by atoms with Crippen LogP contribution in [0, 0.1) is 0 Å². The zero-order valence-electron chi connectivity index (χ0n) is 2.17. The van der Waals surface area contributed by atoms with Gasteiger partial charge >= 0.3 is 38.6 Å². The molecule has 0 aromatic heterocycles. The Morgan fingerprint density at radius 2 is 1.25 bits per heavy atom. The van der Waals surface area contributed by atoms with Gasteiger partial charge in [-0.2, -0.15) is 0 Å². The number of hydrogen-bond donors (Lipinski definition) is 1. The molecule has 0 bridgehead atoms. The molecule has 0 amide bonds. The molecule has 24 valence electrons. The minimum atomic E-state index is -1.14. The van der Waals surface area contributed by atoms with Crippen molar-refractivity contribution in [1.29, 1.82) is 0 Å². The average molecular weight is 289 g/mol. The van der Waals surface area contributed by atoms with Crippen LogP contribution in [0.25, 0.3) is 0 Å². The third-order valence-electron chi connectivity index (χ3n) is 0. The first-order valence-corrected chi connectivity index (χ1v) is 14.1. The third-order valence-corrected chi connectivity index (χ3v) is 0. The van der Waals surface area contributed by atoms with E-state index in [1.807, 2.05) is 0 Å². The maximum atomic E-state index is 4.99. The van der Waals surface area contributed by atoms with Gasteiger partial charge in [-0.1, -0.05) is 0 Å². The molecule has 1 nitrogen and oxygen atoms in total. The predicted molar refractivity (Wildman–Crippen MR) is 16.7 cm³/mol. The summed E-state index contributed by atoms with van der Waals surface area (Å²) >= 11 is -1.14. The summed E-state index contributed by atoms with van der Waals surface area (Å²) in [4.78, 5) is 0. The van der Waals surface area contributed by atoms with Gasteiger partial charge in [0.15, 0.2) is 0 Å². The minimum absolute atomic E-state index is 0. The first-order valence-electron chi connectivity index (χ1n) is 0.535. The van der Waals surface area contributed by atoms with E-state index >= 15 is 0 Å². The topological polar surface area (TPSA) is 35.0 Å². The molecule has 4 heteroatoms. The molecule has 0 saturated heterocycles. The molecule has 0 aromatic carbocycles. The molecule has 0 heterocycles. The van der Waals surface area contributed by atoms with Gasteiger partial charge in [-0.25, -0.2) is 0 Å². The second-order valence-corrected chi connectivity index (χ2v) is 7.98. The molecule has 0 aliphatic heterocycles. The summed E-state index contributed by atoms with van der Waals surface area (Å²) in [5.74, 6) is 0. The van der Waals surface area contributed by atoms with Gasteiger partial charge < -0.3 is 6.15 Å². The molecular formula is H3Cl2HgN. The number of hydrogen-bond acceptors (Lipinski definition) is 1. The van der Waals surface area contributed by atoms with Crippen LogP contribution in [-0.2, 0) is 22.1 Å². The van der Waals surface area contributed by atoms with Crippen molar-refractivity contribution >= 4 is 16.5 Å². The van der Waals surface area contributed by atoms with E-state index < -0.39 is 22.1 Å². The van der Waals surface area contributed by atoms with E-state index in [9.17, 15) is 0 Å². The Balaban J connectivity index is 0. The Hall–Kier alpha value is 1.48. The van der Waals surface area contributed by atoms with Gasteiger partial charge in [0, 0.05) is 0 Å². The van der Waals surface area contributed by atoms with E-state index in [0.717, 1.165) is 0 Å². The van der Waals surface area contributed by atoms with Gasteiger partial charge in [-0.15, -0.1) is 0 Å². The Kier molecular flexibility index (Phi) is 20.0. The van der Waals surface area contributed by atoms with E-state index in [-0.39, 0.29) is 6.15 Å². The zero-order valence-corrected chi connectivity index (χ0v) is 9.18. The van der Waals surface area contributed by atoms with Crippen molar-refractivity contribution in [1.82, 2.24) is 6.15 Å². The van der Waals surface area contributed by atoms with Gasteiger partial charge in [0.1, 0.15) is 0 Å². The number of rotatable bonds is 0. The molecule has 0 aliphatic rings. The zero-order chi connectivity index (χ0) is 2.71. The normalized spacial score (nSPS) is 2.50. The van der Waals surface area contributed by atoms with E-state index in [4.69, 9.17) is 16.5 Å². The van der Waals surface area contributed by atoms with Crippen LogP contribution in [-0.4, -0.2) is 0 Å². The van der Waals surface area contributed by atoms with Gasteiger partial charge in [0.25, 0.3) is 0 Å². The summed E-state index contributed by atoms with van der Waals surface area (Å²) in [6, 6.07) is 0. The van der Waals surface area contributed by atoms with Gasteiger partial charge in [-0.3, -0.25) is 0 Å². The first-order chi connectivity index (χ1) is 1.41. The summed E-state index contributed by atoms with van der Waals surface area (Å²) < 4.78 is 0. The van der Waals surface area contributed by atoms with Crippen molar-refractivity contribution in [3.63, 3.8) is 0 Å². The van der Waals surface area contributed by atoms with Crippen molar-refractivity contribution in [2.24, 2.45) is 0 Å². The van der Waals surface area contributed by atoms with Crippen LogP contribution in [0.3, 0.4) is 0 Å². The molecule has 0 rings (SSSR count). The molecule has 0 atom stereocenters. The monoisotopic (exact) mass is 289 g/mol. The standard InChI is InChI=1S/2ClH.Hg.H3N/h2*1H;;1H3/q;;+2;/p-2. The van der Waals surface area contributed by atoms with E-state index in [1.54, 1.807) is 0 Å². The van der Waals surface area contributed by atoms with Gasteiger partial charge in [-0.05, 0) is 0 Å². The fourth-order valence-corrected chi connectivity index (χ4v) is 0. The van der Waals surface area contributed by atoms with E-state index in [0.29, 0.717) is 0 Å². The van der Waals surface area contributed by atoms with Crippen molar-refractivity contribution in [3.8, 4) is 0 Å². The predicted octanol–water partition coefficient (Wildman–Crippen LogP) is 1.54. The molecule has 0 radical (unpaired) electrons. The molecule has 0 unspecified atom stereocenters. The fourth-order valence-electron chi connectivity index (χ4n) is 0. The second kappa shape index (κ2) is 8.82. The molecule has 0 spiro atoms. The summed E-state index contributed by atoms with van der Waals surface area (Å²) in [7, 11) is 9.97. The Morgan fingerprint density at radius 3 is 1.25 bits per heavy atom. The molecule has 0 fully saturated rings. The van der Waals surface area contributed by atoms with Gasteiger partial charge in [0.05, 0.1) is 0 Å². The summed E-state index contributed by atoms with van der Waals surface area (Å²) in [6.07, 6.45) is 0. The van der Waals surface area contributed by atoms with Crippen LogP contribution in [0.1, 0.15) is 0 Å². The van der Waals surface area contributed by atoms with Crippen LogP contribution in [0.15, 0.2) is 0 Å². The van der Waals surface area contributed by atoms with E-state index in [2.05, 4.69) is 0 Å². The second-order valence-electron chi connectivity index (χ2n) is 0.101. The SMILES string of the molecule is N.[Cl][Hg][Cl]. The van der Waals surface area contributed by atoms with Crippen molar-refractivity contribution in [3.05, 3.63) is 0 Å². The van der Waals surface area contributed by atoms with Crippen molar-refractivity contribution in [2.45, 2.75) is 0 Å². The maximum absolute atomic E-state index is 4.99. The molecule has 0 aromatic rings. The molecule has 0 aliphatic carbocycles. The summed E-state index contributed by atoms with van der Waals surface area (Å²) in [5, 5.41) is 0. The van der Waals surface area contributed by atoms with Crippen molar-refractivity contribution in [2.75, 3.05) is 0 Å². The average Bonchev–Trinajstić information content (AvgIpc) is 0.918. The molecule has 0 saturated carbocycles. The molecule has 3 N–H and O–H groups in total. The fraction of sp³-hybridized carbons (Fsp3) is 0. The van der Waals surface area contributed by atoms with Crippen LogP contribution >= 0.6 is 16.5 Å². The van der Waals surface area contributed by atoms with E-state index in [1.165, 1.54) is 0 Å². The van der Waals surface area contributed by atoms with Crippen molar-refractivity contribution < 1.29 is 22.1 Å². The first kappa shape index (κ1) is 9.08. The third kappa shape index (κ3) is 9.78. The quantitative estimate of drug-likeness (QED) is 0.674. The summed E-state index contributed by atoms with van der Waals surface area (Å²) in [6.45, 7) is 0. The summed E-state index contributed by atoms with van der Waals surface area (Å²) in [5.41, 5.74) is 0. The Labute approximate surface area is 44.6 Å². The number of halogens is 2. The van der Waals surface area contributed by atoms with Crippen LogP contribution < -0.4 is 6.15 Å². The Bertz CT molecular complexity index is 6.00. The van der Waals surface area contributed by atoms with Gasteiger partial charge in [0.2, 0.25) is 0 Å².